The topological polar surface area (TPSA) is 62.7 Å². The van der Waals surface area contributed by atoms with Crippen LogP contribution in [0.4, 0.5) is 35.5 Å². The maximum absolute atomic E-state index is 12.6. The van der Waals surface area contributed by atoms with E-state index in [4.69, 9.17) is 34.8 Å². The maximum atomic E-state index is 12.6. The smallest absolute Gasteiger partial charge is 0.336 e. The second kappa shape index (κ2) is 9.11. The van der Waals surface area contributed by atoms with Crippen LogP contribution in [0.1, 0.15) is 5.82 Å². The van der Waals surface area contributed by atoms with Crippen LogP contribution in [0.2, 0.25) is 15.1 Å². The first-order valence-electron chi connectivity index (χ1n) is 8.77. The molecule has 13 heteroatoms. The van der Waals surface area contributed by atoms with Gasteiger partial charge in [0.2, 0.25) is 0 Å². The van der Waals surface area contributed by atoms with Gasteiger partial charge in [0.05, 0.1) is 20.8 Å². The van der Waals surface area contributed by atoms with Gasteiger partial charge in [-0.3, -0.25) is 0 Å². The number of alkyl halides is 3. The predicted octanol–water partition coefficient (Wildman–Crippen LogP) is 8.45. The second-order valence-corrected chi connectivity index (χ2v) is 9.64. The summed E-state index contributed by atoms with van der Waals surface area (Å²) in [6, 6.07) is 9.31. The Balaban J connectivity index is 1.64. The lowest BCUT2D eigenvalue weighted by Crippen LogP contribution is -2.00. The summed E-state index contributed by atoms with van der Waals surface area (Å²) >= 11 is 19.5. The zero-order chi connectivity index (χ0) is 23.0. The van der Waals surface area contributed by atoms with Crippen molar-refractivity contribution in [2.45, 2.75) is 17.3 Å². The molecule has 166 valence electrons. The van der Waals surface area contributed by atoms with Crippen molar-refractivity contribution in [2.75, 3.05) is 10.6 Å². The highest BCUT2D eigenvalue weighted by Gasteiger charge is 2.30. The molecule has 0 amide bonds. The van der Waals surface area contributed by atoms with Gasteiger partial charge < -0.3 is 10.6 Å². The van der Waals surface area contributed by atoms with Crippen LogP contribution < -0.4 is 10.6 Å². The Hall–Kier alpha value is -1.98. The molecular formula is C19H11Cl3F3N5S2. The SMILES string of the molecule is Cc1nc(Nc2c(Cl)cccc2Cl)c2nc(Nc3ccc(SC(F)(F)F)c(Cl)c3)sc2n1. The summed E-state index contributed by atoms with van der Waals surface area (Å²) in [4.78, 5) is 13.8. The molecule has 0 spiro atoms. The molecular weight excluding hydrogens is 526 g/mol. The first-order chi connectivity index (χ1) is 15.1. The van der Waals surface area contributed by atoms with Crippen LogP contribution in [0.5, 0.6) is 0 Å². The molecule has 0 bridgehead atoms. The number of fused-ring (bicyclic) bond motifs is 1. The van der Waals surface area contributed by atoms with Crippen LogP contribution in [0.15, 0.2) is 41.3 Å². The first kappa shape index (κ1) is 23.2. The highest BCUT2D eigenvalue weighted by molar-refractivity contribution is 8.00. The van der Waals surface area contributed by atoms with Crippen LogP contribution in [-0.2, 0) is 0 Å². The Morgan fingerprint density at radius 3 is 2.31 bits per heavy atom. The quantitative estimate of drug-likeness (QED) is 0.250. The molecule has 0 saturated carbocycles. The van der Waals surface area contributed by atoms with Crippen molar-refractivity contribution >= 4 is 90.6 Å². The Morgan fingerprint density at radius 2 is 1.66 bits per heavy atom. The van der Waals surface area contributed by atoms with E-state index in [2.05, 4.69) is 25.6 Å². The molecule has 2 N–H and O–H groups in total. The molecule has 0 unspecified atom stereocenters. The number of hydrogen-bond acceptors (Lipinski definition) is 7. The molecule has 5 nitrogen and oxygen atoms in total. The van der Waals surface area contributed by atoms with Gasteiger partial charge in [-0.15, -0.1) is 0 Å². The van der Waals surface area contributed by atoms with E-state index in [1.54, 1.807) is 25.1 Å². The number of rotatable bonds is 5. The number of thioether (sulfide) groups is 1. The van der Waals surface area contributed by atoms with Gasteiger partial charge in [0.1, 0.15) is 11.3 Å². The third-order valence-corrected chi connectivity index (χ3v) is 6.71. The maximum Gasteiger partial charge on any atom is 0.446 e. The highest BCUT2D eigenvalue weighted by Crippen LogP contribution is 2.42. The summed E-state index contributed by atoms with van der Waals surface area (Å²) in [7, 11) is 0. The molecule has 0 aliphatic heterocycles. The van der Waals surface area contributed by atoms with E-state index in [0.717, 1.165) is 0 Å². The lowest BCUT2D eigenvalue weighted by molar-refractivity contribution is -0.0328. The van der Waals surface area contributed by atoms with Gasteiger partial charge in [-0.05, 0) is 49.0 Å². The highest BCUT2D eigenvalue weighted by atomic mass is 35.5. The summed E-state index contributed by atoms with van der Waals surface area (Å²) in [5.41, 5.74) is -2.97. The minimum Gasteiger partial charge on any atom is -0.336 e. The van der Waals surface area contributed by atoms with E-state index in [0.29, 0.717) is 48.5 Å². The summed E-state index contributed by atoms with van der Waals surface area (Å²) in [5, 5.41) is 7.43. The van der Waals surface area contributed by atoms with Crippen molar-refractivity contribution in [3.63, 3.8) is 0 Å². The van der Waals surface area contributed by atoms with Gasteiger partial charge in [-0.25, -0.2) is 15.0 Å². The van der Waals surface area contributed by atoms with Crippen molar-refractivity contribution < 1.29 is 13.2 Å². The Kier molecular flexibility index (Phi) is 6.60. The molecule has 2 heterocycles. The molecule has 4 rings (SSSR count). The molecule has 2 aromatic carbocycles. The van der Waals surface area contributed by atoms with Crippen LogP contribution in [0, 0.1) is 6.92 Å². The van der Waals surface area contributed by atoms with Crippen molar-refractivity contribution in [1.29, 1.82) is 0 Å². The van der Waals surface area contributed by atoms with Crippen LogP contribution >= 0.6 is 57.9 Å². The number of nitrogens with one attached hydrogen (secondary N) is 2. The van der Waals surface area contributed by atoms with Crippen molar-refractivity contribution in [3.05, 3.63) is 57.3 Å². The molecule has 4 aromatic rings. The molecule has 0 saturated heterocycles. The van der Waals surface area contributed by atoms with Gasteiger partial charge in [0, 0.05) is 10.6 Å². The fourth-order valence-electron chi connectivity index (χ4n) is 2.71. The summed E-state index contributed by atoms with van der Waals surface area (Å²) < 4.78 is 37.8. The number of aromatic nitrogens is 3. The Bertz CT molecular complexity index is 1290. The average molecular weight is 537 g/mol. The fraction of sp³-hybridized carbons (Fsp3) is 0.105. The van der Waals surface area contributed by atoms with Gasteiger partial charge in [-0.1, -0.05) is 52.2 Å². The van der Waals surface area contributed by atoms with Gasteiger partial charge in [0.15, 0.2) is 15.8 Å². The first-order valence-corrected chi connectivity index (χ1v) is 11.5. The van der Waals surface area contributed by atoms with Gasteiger partial charge >= 0.3 is 5.51 Å². The summed E-state index contributed by atoms with van der Waals surface area (Å²) in [5.74, 6) is 0.928. The third kappa shape index (κ3) is 5.32. The minimum atomic E-state index is -4.42. The standard InChI is InChI=1S/C19H11Cl3F3N5S2/c1-8-26-16(29-14-10(20)3-2-4-11(14)21)15-17(27-8)31-18(30-15)28-9-5-6-13(12(22)7-9)32-19(23,24)25/h2-7H,1H3,(H,28,30)(H,26,27,29). The summed E-state index contributed by atoms with van der Waals surface area (Å²) in [6.45, 7) is 1.74. The zero-order valence-electron chi connectivity index (χ0n) is 15.9. The summed E-state index contributed by atoms with van der Waals surface area (Å²) in [6.07, 6.45) is 0. The van der Waals surface area contributed by atoms with E-state index in [1.165, 1.54) is 29.5 Å². The Morgan fingerprint density at radius 1 is 0.938 bits per heavy atom. The number of nitrogens with zero attached hydrogens (tertiary/aromatic N) is 3. The molecule has 0 aliphatic rings. The number of aryl methyl sites for hydroxylation is 1. The largest absolute Gasteiger partial charge is 0.446 e. The minimum absolute atomic E-state index is 0.0233. The number of thiazole rings is 1. The van der Waals surface area contributed by atoms with Gasteiger partial charge in [0.25, 0.3) is 0 Å². The van der Waals surface area contributed by atoms with E-state index >= 15 is 0 Å². The monoisotopic (exact) mass is 535 g/mol. The van der Waals surface area contributed by atoms with Crippen molar-refractivity contribution in [2.24, 2.45) is 0 Å². The number of para-hydroxylation sites is 1. The molecule has 0 aliphatic carbocycles. The van der Waals surface area contributed by atoms with Crippen LogP contribution in [-0.4, -0.2) is 20.5 Å². The van der Waals surface area contributed by atoms with E-state index < -0.39 is 5.51 Å². The lowest BCUT2D eigenvalue weighted by Gasteiger charge is -2.10. The van der Waals surface area contributed by atoms with Crippen molar-refractivity contribution in [1.82, 2.24) is 15.0 Å². The molecule has 32 heavy (non-hydrogen) atoms. The van der Waals surface area contributed by atoms with E-state index in [9.17, 15) is 13.2 Å². The number of anilines is 4. The number of hydrogen-bond donors (Lipinski definition) is 2. The van der Waals surface area contributed by atoms with E-state index in [1.807, 2.05) is 0 Å². The van der Waals surface area contributed by atoms with Gasteiger partial charge in [-0.2, -0.15) is 13.2 Å². The third-order valence-electron chi connectivity index (χ3n) is 3.99. The normalized spacial score (nSPS) is 11.7. The van der Waals surface area contributed by atoms with Crippen molar-refractivity contribution in [3.8, 4) is 0 Å². The number of benzene rings is 2. The lowest BCUT2D eigenvalue weighted by atomic mass is 10.3. The predicted molar refractivity (Wildman–Crippen MR) is 126 cm³/mol. The second-order valence-electron chi connectivity index (χ2n) is 6.33. The average Bonchev–Trinajstić information content (AvgIpc) is 3.08. The molecule has 0 atom stereocenters. The molecule has 0 radical (unpaired) electrons. The zero-order valence-corrected chi connectivity index (χ0v) is 19.8. The Labute approximate surface area is 203 Å². The number of halogens is 6. The van der Waals surface area contributed by atoms with Crippen LogP contribution in [0.25, 0.3) is 10.3 Å². The van der Waals surface area contributed by atoms with Crippen LogP contribution in [0.3, 0.4) is 0 Å². The van der Waals surface area contributed by atoms with E-state index in [-0.39, 0.29) is 21.7 Å². The fourth-order valence-corrected chi connectivity index (χ4v) is 4.95. The molecule has 2 aromatic heterocycles. The molecule has 0 fully saturated rings.